The number of rotatable bonds is 7. The fraction of sp³-hybridized carbons (Fsp3) is 0. The molecule has 0 atom stereocenters. The SMILES string of the molecule is c1ccc(-c2ccc(-c3ccc(N(c4ccccc4-c4ccccc4)c4cc5nc(-c6ccccc6)oc5c5c4oc4ccccc45)cc3)cc2)cc1. The molecule has 2 heterocycles. The van der Waals surface area contributed by atoms with Crippen molar-refractivity contribution in [2.75, 3.05) is 4.90 Å². The normalized spacial score (nSPS) is 11.4. The second-order valence-corrected chi connectivity index (χ2v) is 13.1. The van der Waals surface area contributed by atoms with E-state index in [1.54, 1.807) is 0 Å². The number of hydrogen-bond donors (Lipinski definition) is 0. The highest BCUT2D eigenvalue weighted by Gasteiger charge is 2.26. The van der Waals surface area contributed by atoms with E-state index in [-0.39, 0.29) is 0 Å². The van der Waals surface area contributed by atoms with Crippen LogP contribution in [0.15, 0.2) is 203 Å². The number of anilines is 3. The number of para-hydroxylation sites is 2. The van der Waals surface area contributed by atoms with Crippen molar-refractivity contribution in [3.63, 3.8) is 0 Å². The molecule has 10 aromatic rings. The van der Waals surface area contributed by atoms with Crippen LogP contribution in [0.3, 0.4) is 0 Å². The first-order chi connectivity index (χ1) is 26.3. The third-order valence-corrected chi connectivity index (χ3v) is 9.92. The van der Waals surface area contributed by atoms with Crippen LogP contribution in [0.5, 0.6) is 0 Å². The van der Waals surface area contributed by atoms with Crippen LogP contribution in [0.4, 0.5) is 17.1 Å². The minimum atomic E-state index is 0.572. The summed E-state index contributed by atoms with van der Waals surface area (Å²) in [7, 11) is 0. The van der Waals surface area contributed by atoms with E-state index in [1.165, 1.54) is 11.1 Å². The van der Waals surface area contributed by atoms with Crippen LogP contribution >= 0.6 is 0 Å². The summed E-state index contributed by atoms with van der Waals surface area (Å²) in [6.45, 7) is 0. The molecule has 0 saturated carbocycles. The molecule has 4 heteroatoms. The number of oxazole rings is 1. The number of fused-ring (bicyclic) bond motifs is 5. The summed E-state index contributed by atoms with van der Waals surface area (Å²) in [4.78, 5) is 7.38. The Kier molecular flexibility index (Phi) is 7.43. The van der Waals surface area contributed by atoms with E-state index >= 15 is 0 Å². The van der Waals surface area contributed by atoms with Gasteiger partial charge in [-0.05, 0) is 70.3 Å². The van der Waals surface area contributed by atoms with Crippen LogP contribution in [0.2, 0.25) is 0 Å². The number of benzene rings is 8. The summed E-state index contributed by atoms with van der Waals surface area (Å²) in [6, 6.07) is 67.4. The van der Waals surface area contributed by atoms with Crippen LogP contribution in [0.25, 0.3) is 77.9 Å². The molecule has 0 aliphatic heterocycles. The Bertz CT molecular complexity index is 2860. The first kappa shape index (κ1) is 30.6. The maximum atomic E-state index is 6.79. The first-order valence-corrected chi connectivity index (χ1v) is 17.8. The van der Waals surface area contributed by atoms with Gasteiger partial charge in [-0.15, -0.1) is 0 Å². The maximum Gasteiger partial charge on any atom is 0.227 e. The largest absolute Gasteiger partial charge is 0.454 e. The summed E-state index contributed by atoms with van der Waals surface area (Å²) < 4.78 is 13.4. The number of nitrogens with zero attached hydrogens (tertiary/aromatic N) is 2. The second kappa shape index (κ2) is 12.9. The van der Waals surface area contributed by atoms with Gasteiger partial charge in [0.25, 0.3) is 0 Å². The predicted octanol–water partition coefficient (Wildman–Crippen LogP) is 13.9. The van der Waals surface area contributed by atoms with Gasteiger partial charge in [-0.3, -0.25) is 0 Å². The van der Waals surface area contributed by atoms with E-state index in [4.69, 9.17) is 13.8 Å². The van der Waals surface area contributed by atoms with Gasteiger partial charge in [0.05, 0.1) is 16.8 Å². The Morgan fingerprint density at radius 1 is 0.396 bits per heavy atom. The van der Waals surface area contributed by atoms with Gasteiger partial charge in [0, 0.05) is 22.2 Å². The third kappa shape index (κ3) is 5.45. The summed E-state index contributed by atoms with van der Waals surface area (Å²) in [5.41, 5.74) is 13.7. The standard InChI is InChI=1S/C49H32N2O2/c1-4-14-33(15-5-1)34-24-26-35(27-25-34)36-28-30-39(31-29-36)51(43-22-12-10-20-40(43)37-16-6-2-7-17-37)44-32-42-47(53-49(50-42)38-18-8-3-9-19-38)46-41-21-11-13-23-45(41)52-48(44)46/h1-32H. The molecule has 0 fully saturated rings. The van der Waals surface area contributed by atoms with Crippen LogP contribution in [0.1, 0.15) is 0 Å². The van der Waals surface area contributed by atoms with E-state index in [2.05, 4.69) is 144 Å². The van der Waals surface area contributed by atoms with Crippen LogP contribution in [0, 0.1) is 0 Å². The highest BCUT2D eigenvalue weighted by atomic mass is 16.4. The van der Waals surface area contributed by atoms with Crippen molar-refractivity contribution in [2.24, 2.45) is 0 Å². The summed E-state index contributed by atoms with van der Waals surface area (Å²) in [5, 5.41) is 1.89. The molecular weight excluding hydrogens is 649 g/mol. The lowest BCUT2D eigenvalue weighted by Gasteiger charge is -2.28. The molecule has 0 amide bonds. The van der Waals surface area contributed by atoms with Crippen molar-refractivity contribution in [1.82, 2.24) is 4.98 Å². The van der Waals surface area contributed by atoms with Crippen molar-refractivity contribution in [1.29, 1.82) is 0 Å². The van der Waals surface area contributed by atoms with Crippen molar-refractivity contribution in [3.05, 3.63) is 194 Å². The average Bonchev–Trinajstić information content (AvgIpc) is 3.85. The quantitative estimate of drug-likeness (QED) is 0.168. The van der Waals surface area contributed by atoms with E-state index < -0.39 is 0 Å². The number of hydrogen-bond acceptors (Lipinski definition) is 4. The Morgan fingerprint density at radius 2 is 0.925 bits per heavy atom. The average molecular weight is 681 g/mol. The zero-order valence-corrected chi connectivity index (χ0v) is 28.7. The number of furan rings is 1. The number of aromatic nitrogens is 1. The fourth-order valence-electron chi connectivity index (χ4n) is 7.35. The van der Waals surface area contributed by atoms with Gasteiger partial charge in [0.2, 0.25) is 5.89 Å². The Balaban J connectivity index is 1.18. The van der Waals surface area contributed by atoms with Crippen LogP contribution in [-0.4, -0.2) is 4.98 Å². The van der Waals surface area contributed by atoms with E-state index in [0.29, 0.717) is 11.5 Å². The summed E-state index contributed by atoms with van der Waals surface area (Å²) in [5.74, 6) is 0.572. The Hall–Kier alpha value is -7.17. The molecule has 4 nitrogen and oxygen atoms in total. The topological polar surface area (TPSA) is 42.4 Å². The highest BCUT2D eigenvalue weighted by molar-refractivity contribution is 6.21. The monoisotopic (exact) mass is 680 g/mol. The van der Waals surface area contributed by atoms with Crippen molar-refractivity contribution in [3.8, 4) is 44.8 Å². The predicted molar refractivity (Wildman–Crippen MR) is 218 cm³/mol. The molecule has 250 valence electrons. The minimum Gasteiger partial charge on any atom is -0.454 e. The lowest BCUT2D eigenvalue weighted by atomic mass is 9.99. The van der Waals surface area contributed by atoms with Crippen molar-refractivity contribution >= 4 is 50.1 Å². The van der Waals surface area contributed by atoms with Gasteiger partial charge in [0.15, 0.2) is 11.2 Å². The molecule has 0 radical (unpaired) electrons. The highest BCUT2D eigenvalue weighted by Crippen LogP contribution is 2.48. The first-order valence-electron chi connectivity index (χ1n) is 17.8. The maximum absolute atomic E-state index is 6.79. The molecule has 0 saturated heterocycles. The molecule has 0 bridgehead atoms. The molecule has 0 N–H and O–H groups in total. The molecule has 53 heavy (non-hydrogen) atoms. The second-order valence-electron chi connectivity index (χ2n) is 13.1. The van der Waals surface area contributed by atoms with Gasteiger partial charge in [-0.25, -0.2) is 4.98 Å². The molecule has 2 aromatic heterocycles. The molecule has 0 aliphatic carbocycles. The Morgan fingerprint density at radius 3 is 1.60 bits per heavy atom. The minimum absolute atomic E-state index is 0.572. The van der Waals surface area contributed by atoms with E-state index in [9.17, 15) is 0 Å². The van der Waals surface area contributed by atoms with Gasteiger partial charge in [-0.2, -0.15) is 0 Å². The van der Waals surface area contributed by atoms with Crippen LogP contribution < -0.4 is 4.90 Å². The smallest absolute Gasteiger partial charge is 0.227 e. The van der Waals surface area contributed by atoms with E-state index in [0.717, 1.165) is 72.3 Å². The van der Waals surface area contributed by atoms with Gasteiger partial charge in [-0.1, -0.05) is 152 Å². The van der Waals surface area contributed by atoms with Crippen LogP contribution in [-0.2, 0) is 0 Å². The summed E-state index contributed by atoms with van der Waals surface area (Å²) in [6.07, 6.45) is 0. The fourth-order valence-corrected chi connectivity index (χ4v) is 7.35. The third-order valence-electron chi connectivity index (χ3n) is 9.92. The molecular formula is C49H32N2O2. The molecule has 8 aromatic carbocycles. The molecule has 10 rings (SSSR count). The van der Waals surface area contributed by atoms with E-state index in [1.807, 2.05) is 54.6 Å². The lowest BCUT2D eigenvalue weighted by Crippen LogP contribution is -2.11. The zero-order chi connectivity index (χ0) is 35.1. The lowest BCUT2D eigenvalue weighted by molar-refractivity contribution is 0.622. The molecule has 0 aliphatic rings. The molecule has 0 spiro atoms. The van der Waals surface area contributed by atoms with Gasteiger partial charge in [0.1, 0.15) is 11.1 Å². The van der Waals surface area contributed by atoms with Gasteiger partial charge >= 0.3 is 0 Å². The van der Waals surface area contributed by atoms with Crippen molar-refractivity contribution < 1.29 is 8.83 Å². The Labute approximate surface area is 306 Å². The zero-order valence-electron chi connectivity index (χ0n) is 28.7. The molecule has 0 unspecified atom stereocenters. The van der Waals surface area contributed by atoms with Crippen molar-refractivity contribution in [2.45, 2.75) is 0 Å². The summed E-state index contributed by atoms with van der Waals surface area (Å²) >= 11 is 0. The van der Waals surface area contributed by atoms with Gasteiger partial charge < -0.3 is 13.7 Å².